The lowest BCUT2D eigenvalue weighted by Crippen LogP contribution is -2.35. The highest BCUT2D eigenvalue weighted by Crippen LogP contribution is 2.48. The normalized spacial score (nSPS) is 26.9. The molecule has 35 heavy (non-hydrogen) atoms. The molecular weight excluding hydrogens is 479 g/mol. The number of nitrogens with zero attached hydrogens (tertiary/aromatic N) is 4. The number of carbonyl (C=O) groups is 1. The summed E-state index contributed by atoms with van der Waals surface area (Å²) in [5.41, 5.74) is 6.63. The van der Waals surface area contributed by atoms with Gasteiger partial charge in [-0.3, -0.25) is 9.32 Å². The number of benzene rings is 1. The Kier molecular flexibility index (Phi) is 7.06. The van der Waals surface area contributed by atoms with Crippen LogP contribution < -0.4 is 15.3 Å². The molecule has 0 bridgehead atoms. The average molecular weight is 506 g/mol. The zero-order chi connectivity index (χ0) is 25.3. The van der Waals surface area contributed by atoms with E-state index in [1.165, 1.54) is 19.6 Å². The van der Waals surface area contributed by atoms with Gasteiger partial charge in [0.15, 0.2) is 11.5 Å². The van der Waals surface area contributed by atoms with Gasteiger partial charge in [-0.15, -0.1) is 0 Å². The Bertz CT molecular complexity index is 1240. The first-order valence-electron chi connectivity index (χ1n) is 10.9. The Morgan fingerprint density at radius 2 is 1.94 bits per heavy atom. The summed E-state index contributed by atoms with van der Waals surface area (Å²) in [6, 6.07) is 6.28. The van der Waals surface area contributed by atoms with Crippen molar-refractivity contribution in [1.29, 1.82) is 0 Å². The number of aliphatic hydroxyl groups excluding tert-OH is 2. The lowest BCUT2D eigenvalue weighted by atomic mass is 9.95. The molecule has 188 valence electrons. The maximum Gasteiger partial charge on any atom is 0.459 e. The Hall–Kier alpha value is -3.09. The largest absolute Gasteiger partial charge is 0.480 e. The van der Waals surface area contributed by atoms with Crippen molar-refractivity contribution < 1.29 is 33.7 Å². The highest BCUT2D eigenvalue weighted by Gasteiger charge is 2.49. The van der Waals surface area contributed by atoms with Gasteiger partial charge < -0.3 is 30.1 Å². The summed E-state index contributed by atoms with van der Waals surface area (Å²) < 4.78 is 26.2. The molecular formula is C21H27N6O7P. The van der Waals surface area contributed by atoms with Crippen molar-refractivity contribution in [2.24, 2.45) is 11.8 Å². The predicted molar refractivity (Wildman–Crippen MR) is 124 cm³/mol. The minimum absolute atomic E-state index is 0.187. The van der Waals surface area contributed by atoms with E-state index in [-0.39, 0.29) is 18.2 Å². The van der Waals surface area contributed by atoms with Crippen LogP contribution in [0.3, 0.4) is 0 Å². The lowest BCUT2D eigenvalue weighted by molar-refractivity contribution is -0.138. The fourth-order valence-electron chi connectivity index (χ4n) is 4.27. The number of anilines is 1. The molecule has 0 aliphatic heterocycles. The lowest BCUT2D eigenvalue weighted by Gasteiger charge is -2.26. The number of rotatable bonds is 9. The summed E-state index contributed by atoms with van der Waals surface area (Å²) in [7, 11) is -4.18. The standard InChI is InChI=1S/C21H27N6O7P/c1-11-14(8-33-35(32,26-12(2)21(30)31)34-13-6-4-3-5-7-13)17(28)18(29)16(11)27-10-25-15-19(22)23-9-24-20(15)27/h3-7,9-12,14,16-18,28-29H,8H2,1-2H3,(H,26,32)(H,30,31)(H2,22,23,24)/t11?,12?,14-,16+,17+,18-,35?/m0/s1. The fourth-order valence-corrected chi connectivity index (χ4v) is 5.81. The van der Waals surface area contributed by atoms with Crippen LogP contribution in [0.5, 0.6) is 5.75 Å². The van der Waals surface area contributed by atoms with Gasteiger partial charge >= 0.3 is 13.7 Å². The third-order valence-corrected chi connectivity index (χ3v) is 7.83. The maximum absolute atomic E-state index is 13.5. The van der Waals surface area contributed by atoms with Gasteiger partial charge in [-0.25, -0.2) is 19.5 Å². The van der Waals surface area contributed by atoms with E-state index in [1.807, 2.05) is 0 Å². The number of imidazole rings is 1. The van der Waals surface area contributed by atoms with Gasteiger partial charge in [0.2, 0.25) is 0 Å². The minimum atomic E-state index is -4.18. The van der Waals surface area contributed by atoms with Gasteiger partial charge in [-0.1, -0.05) is 25.1 Å². The number of nitrogens with two attached hydrogens (primary N) is 1. The molecule has 0 radical (unpaired) electrons. The smallest absolute Gasteiger partial charge is 0.459 e. The molecule has 4 rings (SSSR count). The number of aliphatic carboxylic acids is 1. The Morgan fingerprint density at radius 1 is 1.23 bits per heavy atom. The quantitative estimate of drug-likeness (QED) is 0.261. The van der Waals surface area contributed by atoms with E-state index in [0.717, 1.165) is 0 Å². The van der Waals surface area contributed by atoms with E-state index in [2.05, 4.69) is 20.0 Å². The van der Waals surface area contributed by atoms with Gasteiger partial charge in [-0.2, -0.15) is 5.09 Å². The van der Waals surface area contributed by atoms with Crippen LogP contribution >= 0.6 is 7.75 Å². The molecule has 0 saturated heterocycles. The van der Waals surface area contributed by atoms with E-state index in [1.54, 1.807) is 41.8 Å². The summed E-state index contributed by atoms with van der Waals surface area (Å²) in [6.07, 6.45) is 0.294. The van der Waals surface area contributed by atoms with Crippen molar-refractivity contribution in [3.8, 4) is 5.75 Å². The number of aromatic nitrogens is 4. The molecule has 3 aromatic rings. The van der Waals surface area contributed by atoms with Crippen LogP contribution in [0.15, 0.2) is 43.0 Å². The summed E-state index contributed by atoms with van der Waals surface area (Å²) in [5, 5.41) is 33.3. The Labute approximate surface area is 200 Å². The van der Waals surface area contributed by atoms with Crippen molar-refractivity contribution in [2.45, 2.75) is 38.1 Å². The van der Waals surface area contributed by atoms with Crippen LogP contribution in [0.2, 0.25) is 0 Å². The fraction of sp³-hybridized carbons (Fsp3) is 0.429. The molecule has 1 aromatic carbocycles. The van der Waals surface area contributed by atoms with Crippen molar-refractivity contribution >= 4 is 30.7 Å². The molecule has 6 N–H and O–H groups in total. The molecule has 14 heteroatoms. The molecule has 2 heterocycles. The highest BCUT2D eigenvalue weighted by molar-refractivity contribution is 7.52. The van der Waals surface area contributed by atoms with Crippen molar-refractivity contribution in [1.82, 2.24) is 24.6 Å². The number of carboxylic acids is 1. The molecule has 1 aliphatic carbocycles. The second-order valence-electron chi connectivity index (χ2n) is 8.46. The topological polar surface area (TPSA) is 195 Å². The number of hydrogen-bond acceptors (Lipinski definition) is 10. The first-order valence-corrected chi connectivity index (χ1v) is 12.4. The molecule has 3 unspecified atom stereocenters. The van der Waals surface area contributed by atoms with Crippen LogP contribution in [0.4, 0.5) is 5.82 Å². The molecule has 13 nitrogen and oxygen atoms in total. The number of fused-ring (bicyclic) bond motifs is 1. The van der Waals surface area contributed by atoms with E-state index in [4.69, 9.17) is 14.8 Å². The zero-order valence-corrected chi connectivity index (χ0v) is 19.9. The summed E-state index contributed by atoms with van der Waals surface area (Å²) >= 11 is 0. The second-order valence-corrected chi connectivity index (χ2v) is 10.2. The molecule has 1 fully saturated rings. The van der Waals surface area contributed by atoms with Gasteiger partial charge in [-0.05, 0) is 25.0 Å². The van der Waals surface area contributed by atoms with Gasteiger partial charge in [0.25, 0.3) is 0 Å². The summed E-state index contributed by atoms with van der Waals surface area (Å²) in [6.45, 7) is 2.81. The van der Waals surface area contributed by atoms with Crippen LogP contribution in [0, 0.1) is 11.8 Å². The minimum Gasteiger partial charge on any atom is -0.480 e. The highest BCUT2D eigenvalue weighted by atomic mass is 31.2. The second kappa shape index (κ2) is 9.88. The SMILES string of the molecule is CC(NP(=O)(OC[C@H]1C(C)[C@@H](n2cnc3c(N)ncnc32)[C@H](O)[C@@H]1O)Oc1ccccc1)C(=O)O. The third kappa shape index (κ3) is 5.00. The van der Waals surface area contributed by atoms with Crippen LogP contribution in [-0.2, 0) is 13.9 Å². The van der Waals surface area contributed by atoms with E-state index in [0.29, 0.717) is 11.2 Å². The van der Waals surface area contributed by atoms with Crippen molar-refractivity contribution in [3.63, 3.8) is 0 Å². The van der Waals surface area contributed by atoms with Crippen molar-refractivity contribution in [2.75, 3.05) is 12.3 Å². The van der Waals surface area contributed by atoms with E-state index >= 15 is 0 Å². The van der Waals surface area contributed by atoms with E-state index < -0.39 is 49.8 Å². The maximum atomic E-state index is 13.5. The number of nitrogens with one attached hydrogen (secondary N) is 1. The number of nitrogen functional groups attached to an aromatic ring is 1. The molecule has 7 atom stereocenters. The van der Waals surface area contributed by atoms with E-state index in [9.17, 15) is 24.7 Å². The van der Waals surface area contributed by atoms with Crippen LogP contribution in [-0.4, -0.2) is 65.7 Å². The Morgan fingerprint density at radius 3 is 2.63 bits per heavy atom. The van der Waals surface area contributed by atoms with Crippen LogP contribution in [0.1, 0.15) is 19.9 Å². The van der Waals surface area contributed by atoms with Gasteiger partial charge in [0.05, 0.1) is 25.1 Å². The van der Waals surface area contributed by atoms with Crippen molar-refractivity contribution in [3.05, 3.63) is 43.0 Å². The third-order valence-electron chi connectivity index (χ3n) is 6.19. The number of hydrogen-bond donors (Lipinski definition) is 5. The van der Waals surface area contributed by atoms with Gasteiger partial charge in [0, 0.05) is 5.92 Å². The number of aliphatic hydroxyl groups is 2. The first-order chi connectivity index (χ1) is 16.6. The van der Waals surface area contributed by atoms with Gasteiger partial charge in [0.1, 0.15) is 29.7 Å². The summed E-state index contributed by atoms with van der Waals surface area (Å²) in [5.74, 6) is -1.92. The number of carboxylic acid groups (broad SMARTS) is 1. The molecule has 0 amide bonds. The molecule has 1 saturated carbocycles. The molecule has 1 aliphatic rings. The number of para-hydroxylation sites is 1. The molecule has 0 spiro atoms. The Balaban J connectivity index is 1.56. The molecule has 2 aromatic heterocycles. The monoisotopic (exact) mass is 506 g/mol. The predicted octanol–water partition coefficient (Wildman–Crippen LogP) is 1.20. The average Bonchev–Trinajstić information content (AvgIpc) is 3.32. The first kappa shape index (κ1) is 25.0. The zero-order valence-electron chi connectivity index (χ0n) is 19.0. The summed E-state index contributed by atoms with van der Waals surface area (Å²) in [4.78, 5) is 23.7. The van der Waals surface area contributed by atoms with Crippen LogP contribution in [0.25, 0.3) is 11.2 Å².